The molecule has 6 heteroatoms. The van der Waals surface area contributed by atoms with Crippen molar-refractivity contribution in [2.45, 2.75) is 13.5 Å². The molecule has 0 radical (unpaired) electrons. The summed E-state index contributed by atoms with van der Waals surface area (Å²) < 4.78 is 15.8. The molecule has 0 spiro atoms. The lowest BCUT2D eigenvalue weighted by molar-refractivity contribution is 0.0472. The molecule has 0 bridgehead atoms. The first kappa shape index (κ1) is 17.4. The lowest BCUT2D eigenvalue weighted by Crippen LogP contribution is -2.07. The van der Waals surface area contributed by atoms with Crippen molar-refractivity contribution >= 4 is 29.2 Å². The van der Waals surface area contributed by atoms with Crippen molar-refractivity contribution in [3.63, 3.8) is 0 Å². The second-order valence-electron chi connectivity index (χ2n) is 4.83. The Morgan fingerprint density at radius 2 is 1.70 bits per heavy atom. The molecule has 0 N–H and O–H groups in total. The van der Waals surface area contributed by atoms with Crippen LogP contribution in [0.15, 0.2) is 30.3 Å². The summed E-state index contributed by atoms with van der Waals surface area (Å²) in [6.07, 6.45) is 0. The molecule has 122 valence electrons. The first-order valence-electron chi connectivity index (χ1n) is 6.80. The van der Waals surface area contributed by atoms with Crippen LogP contribution in [0.1, 0.15) is 21.5 Å². The Morgan fingerprint density at radius 1 is 1.04 bits per heavy atom. The zero-order chi connectivity index (χ0) is 17.0. The van der Waals surface area contributed by atoms with E-state index in [9.17, 15) is 4.79 Å². The zero-order valence-electron chi connectivity index (χ0n) is 13.0. The van der Waals surface area contributed by atoms with Gasteiger partial charge in [-0.1, -0.05) is 23.2 Å². The number of carbonyl (C=O) groups excluding carboxylic acids is 1. The minimum absolute atomic E-state index is 0.101. The Bertz CT molecular complexity index is 729. The predicted octanol–water partition coefficient (Wildman–Crippen LogP) is 4.68. The molecular weight excluding hydrogens is 339 g/mol. The molecule has 0 saturated heterocycles. The maximum Gasteiger partial charge on any atom is 0.339 e. The summed E-state index contributed by atoms with van der Waals surface area (Å²) in [7, 11) is 3.12. The van der Waals surface area contributed by atoms with Crippen LogP contribution in [-0.4, -0.2) is 20.2 Å². The van der Waals surface area contributed by atoms with Crippen molar-refractivity contribution in [2.75, 3.05) is 14.2 Å². The summed E-state index contributed by atoms with van der Waals surface area (Å²) in [6, 6.07) is 8.24. The minimum Gasteiger partial charge on any atom is -0.493 e. The molecule has 2 aromatic carbocycles. The number of benzene rings is 2. The van der Waals surface area contributed by atoms with E-state index in [4.69, 9.17) is 37.4 Å². The summed E-state index contributed by atoms with van der Waals surface area (Å²) in [5.41, 5.74) is 2.02. The van der Waals surface area contributed by atoms with Crippen LogP contribution in [0.4, 0.5) is 0 Å². The number of halogens is 2. The van der Waals surface area contributed by atoms with Crippen LogP contribution >= 0.6 is 23.2 Å². The molecule has 2 aromatic rings. The van der Waals surface area contributed by atoms with Gasteiger partial charge in [0, 0.05) is 5.02 Å². The van der Waals surface area contributed by atoms with Gasteiger partial charge in [0.2, 0.25) is 0 Å². The van der Waals surface area contributed by atoms with Crippen LogP contribution in [0.3, 0.4) is 0 Å². The van der Waals surface area contributed by atoms with Crippen molar-refractivity contribution in [1.29, 1.82) is 0 Å². The monoisotopic (exact) mass is 354 g/mol. The van der Waals surface area contributed by atoms with Gasteiger partial charge in [0.15, 0.2) is 11.5 Å². The van der Waals surface area contributed by atoms with Crippen molar-refractivity contribution in [3.05, 3.63) is 57.1 Å². The Balaban J connectivity index is 2.15. The summed E-state index contributed by atoms with van der Waals surface area (Å²) in [6.45, 7) is 2.00. The number of hydrogen-bond acceptors (Lipinski definition) is 4. The Morgan fingerprint density at radius 3 is 2.30 bits per heavy atom. The van der Waals surface area contributed by atoms with Crippen molar-refractivity contribution in [3.8, 4) is 11.5 Å². The second kappa shape index (κ2) is 7.57. The smallest absolute Gasteiger partial charge is 0.339 e. The van der Waals surface area contributed by atoms with E-state index in [1.165, 1.54) is 12.1 Å². The molecule has 0 heterocycles. The summed E-state index contributed by atoms with van der Waals surface area (Å²) in [4.78, 5) is 12.1. The van der Waals surface area contributed by atoms with E-state index in [2.05, 4.69) is 0 Å². The third-order valence-corrected chi connectivity index (χ3v) is 3.90. The Labute approximate surface area is 144 Å². The van der Waals surface area contributed by atoms with E-state index in [-0.39, 0.29) is 17.2 Å². The standard InChI is InChI=1S/C17H16Cl2O4/c1-10-6-15(21-2)16(22-3)7-11(10)9-23-17(20)13-5-4-12(18)8-14(13)19/h4-8H,9H2,1-3H3. The predicted molar refractivity (Wildman–Crippen MR) is 89.9 cm³/mol. The largest absolute Gasteiger partial charge is 0.493 e. The number of methoxy groups -OCH3 is 2. The molecule has 23 heavy (non-hydrogen) atoms. The number of rotatable bonds is 5. The van der Waals surface area contributed by atoms with Gasteiger partial charge in [-0.25, -0.2) is 4.79 Å². The van der Waals surface area contributed by atoms with Crippen molar-refractivity contribution in [1.82, 2.24) is 0 Å². The quantitative estimate of drug-likeness (QED) is 0.731. The molecule has 4 nitrogen and oxygen atoms in total. The van der Waals surface area contributed by atoms with E-state index in [1.807, 2.05) is 13.0 Å². The molecule has 0 unspecified atom stereocenters. The van der Waals surface area contributed by atoms with Gasteiger partial charge in [0.25, 0.3) is 0 Å². The summed E-state index contributed by atoms with van der Waals surface area (Å²) in [5, 5.41) is 0.716. The van der Waals surface area contributed by atoms with Gasteiger partial charge in [-0.2, -0.15) is 0 Å². The molecule has 2 rings (SSSR count). The van der Waals surface area contributed by atoms with Gasteiger partial charge in [0.1, 0.15) is 6.61 Å². The van der Waals surface area contributed by atoms with Gasteiger partial charge < -0.3 is 14.2 Å². The zero-order valence-corrected chi connectivity index (χ0v) is 14.5. The molecule has 0 aliphatic carbocycles. The van der Waals surface area contributed by atoms with Crippen molar-refractivity contribution in [2.24, 2.45) is 0 Å². The average Bonchev–Trinajstić information content (AvgIpc) is 2.53. The molecule has 0 saturated carbocycles. The highest BCUT2D eigenvalue weighted by molar-refractivity contribution is 6.36. The highest BCUT2D eigenvalue weighted by atomic mass is 35.5. The SMILES string of the molecule is COc1cc(C)c(COC(=O)c2ccc(Cl)cc2Cl)cc1OC. The molecule has 0 aromatic heterocycles. The normalized spacial score (nSPS) is 10.3. The third-order valence-electron chi connectivity index (χ3n) is 3.35. The Kier molecular flexibility index (Phi) is 5.74. The maximum absolute atomic E-state index is 12.1. The van der Waals surface area contributed by atoms with Gasteiger partial charge in [0.05, 0.1) is 24.8 Å². The number of hydrogen-bond donors (Lipinski definition) is 0. The molecule has 0 amide bonds. The first-order chi connectivity index (χ1) is 11.0. The van der Waals surface area contributed by atoms with Crippen LogP contribution in [0.5, 0.6) is 11.5 Å². The van der Waals surface area contributed by atoms with E-state index >= 15 is 0 Å². The average molecular weight is 355 g/mol. The van der Waals surface area contributed by atoms with Gasteiger partial charge in [-0.05, 0) is 48.4 Å². The lowest BCUT2D eigenvalue weighted by atomic mass is 10.1. The van der Waals surface area contributed by atoms with Crippen LogP contribution < -0.4 is 9.47 Å². The number of aryl methyl sites for hydroxylation is 1. The first-order valence-corrected chi connectivity index (χ1v) is 7.55. The fourth-order valence-corrected chi connectivity index (χ4v) is 2.54. The van der Waals surface area contributed by atoms with E-state index in [0.717, 1.165) is 11.1 Å². The summed E-state index contributed by atoms with van der Waals surface area (Å²) in [5.74, 6) is 0.690. The van der Waals surface area contributed by atoms with Gasteiger partial charge in [-0.3, -0.25) is 0 Å². The highest BCUT2D eigenvalue weighted by Crippen LogP contribution is 2.31. The lowest BCUT2D eigenvalue weighted by Gasteiger charge is -2.13. The van der Waals surface area contributed by atoms with Crippen LogP contribution in [0, 0.1) is 6.92 Å². The van der Waals surface area contributed by atoms with Crippen LogP contribution in [-0.2, 0) is 11.3 Å². The van der Waals surface area contributed by atoms with E-state index in [1.54, 1.807) is 26.4 Å². The third kappa shape index (κ3) is 4.09. The van der Waals surface area contributed by atoms with Gasteiger partial charge in [-0.15, -0.1) is 0 Å². The maximum atomic E-state index is 12.1. The molecule has 0 fully saturated rings. The number of esters is 1. The fraction of sp³-hybridized carbons (Fsp3) is 0.235. The van der Waals surface area contributed by atoms with E-state index in [0.29, 0.717) is 16.5 Å². The van der Waals surface area contributed by atoms with E-state index < -0.39 is 5.97 Å². The molecular formula is C17H16Cl2O4. The number of ether oxygens (including phenoxy) is 3. The summed E-state index contributed by atoms with van der Waals surface area (Å²) >= 11 is 11.8. The van der Waals surface area contributed by atoms with Gasteiger partial charge >= 0.3 is 5.97 Å². The topological polar surface area (TPSA) is 44.8 Å². The molecule has 0 aliphatic rings. The molecule has 0 aliphatic heterocycles. The van der Waals surface area contributed by atoms with Crippen molar-refractivity contribution < 1.29 is 19.0 Å². The fourth-order valence-electron chi connectivity index (χ4n) is 2.05. The Hall–Kier alpha value is -1.91. The van der Waals surface area contributed by atoms with Crippen LogP contribution in [0.25, 0.3) is 0 Å². The molecule has 0 atom stereocenters. The number of carbonyl (C=O) groups is 1. The second-order valence-corrected chi connectivity index (χ2v) is 5.68. The minimum atomic E-state index is -0.513. The highest BCUT2D eigenvalue weighted by Gasteiger charge is 2.14. The van der Waals surface area contributed by atoms with Crippen LogP contribution in [0.2, 0.25) is 10.0 Å².